The molecule has 2 N–H and O–H groups in total. The van der Waals surface area contributed by atoms with Crippen molar-refractivity contribution in [3.63, 3.8) is 0 Å². The number of hydrogen-bond donors (Lipinski definition) is 2. The molecule has 1 atom stereocenters. The van der Waals surface area contributed by atoms with Gasteiger partial charge in [-0.3, -0.25) is 9.69 Å². The molecule has 2 fully saturated rings. The molecular weight excluding hydrogens is 342 g/mol. The first-order valence-electron chi connectivity index (χ1n) is 9.92. The minimum absolute atomic E-state index is 0.185. The molecule has 1 aromatic rings. The zero-order chi connectivity index (χ0) is 19.4. The first-order valence-corrected chi connectivity index (χ1v) is 9.92. The van der Waals surface area contributed by atoms with Gasteiger partial charge in [0, 0.05) is 26.2 Å². The van der Waals surface area contributed by atoms with Crippen molar-refractivity contribution in [1.29, 1.82) is 0 Å². The number of hydrogen-bond acceptors (Lipinski definition) is 3. The average molecular weight is 373 g/mol. The summed E-state index contributed by atoms with van der Waals surface area (Å²) in [7, 11) is 0. The van der Waals surface area contributed by atoms with E-state index in [9.17, 15) is 14.7 Å². The molecule has 0 aromatic heterocycles. The minimum atomic E-state index is -0.836. The highest BCUT2D eigenvalue weighted by Gasteiger charge is 2.42. The van der Waals surface area contributed by atoms with Crippen LogP contribution < -0.4 is 5.32 Å². The SMILES string of the molecule is CC1CCN(Cc2cccc(CNC(=O)N3CCC(C)(C(=O)O)C3)c2)CC1. The second-order valence-electron chi connectivity index (χ2n) is 8.47. The number of nitrogens with one attached hydrogen (secondary N) is 1. The number of carboxylic acid groups (broad SMARTS) is 1. The van der Waals surface area contributed by atoms with E-state index in [1.54, 1.807) is 11.8 Å². The van der Waals surface area contributed by atoms with Gasteiger partial charge in [0.2, 0.25) is 0 Å². The van der Waals surface area contributed by atoms with E-state index in [1.807, 2.05) is 12.1 Å². The van der Waals surface area contributed by atoms with Crippen molar-refractivity contribution < 1.29 is 14.7 Å². The third kappa shape index (κ3) is 5.01. The Labute approximate surface area is 161 Å². The van der Waals surface area contributed by atoms with Crippen LogP contribution in [0.25, 0.3) is 0 Å². The van der Waals surface area contributed by atoms with E-state index < -0.39 is 11.4 Å². The molecule has 6 heteroatoms. The Hall–Kier alpha value is -2.08. The highest BCUT2D eigenvalue weighted by atomic mass is 16.4. The third-order valence-electron chi connectivity index (χ3n) is 5.99. The molecule has 2 aliphatic rings. The molecule has 0 aliphatic carbocycles. The molecule has 148 valence electrons. The second kappa shape index (κ2) is 8.30. The Morgan fingerprint density at radius 3 is 2.59 bits per heavy atom. The summed E-state index contributed by atoms with van der Waals surface area (Å²) in [6, 6.07) is 8.18. The van der Waals surface area contributed by atoms with Gasteiger partial charge >= 0.3 is 12.0 Å². The van der Waals surface area contributed by atoms with E-state index in [0.717, 1.165) is 31.1 Å². The van der Waals surface area contributed by atoms with Gasteiger partial charge in [0.25, 0.3) is 0 Å². The van der Waals surface area contributed by atoms with Crippen LogP contribution in [0, 0.1) is 11.3 Å². The second-order valence-corrected chi connectivity index (χ2v) is 8.47. The molecule has 2 heterocycles. The van der Waals surface area contributed by atoms with Crippen LogP contribution in [0.2, 0.25) is 0 Å². The first-order chi connectivity index (χ1) is 12.9. The lowest BCUT2D eigenvalue weighted by atomic mass is 9.90. The number of nitrogens with zero attached hydrogens (tertiary/aromatic N) is 2. The summed E-state index contributed by atoms with van der Waals surface area (Å²) in [5.41, 5.74) is 1.52. The molecule has 2 aliphatic heterocycles. The molecule has 27 heavy (non-hydrogen) atoms. The minimum Gasteiger partial charge on any atom is -0.481 e. The van der Waals surface area contributed by atoms with E-state index in [0.29, 0.717) is 19.5 Å². The standard InChI is InChI=1S/C21H31N3O3/c1-16-6-9-23(10-7-16)14-18-5-3-4-17(12-18)13-22-20(27)24-11-8-21(2,15-24)19(25)26/h3-5,12,16H,6-11,13-15H2,1-2H3,(H,22,27)(H,25,26). The molecule has 1 aromatic carbocycles. The monoisotopic (exact) mass is 373 g/mol. The fourth-order valence-electron chi connectivity index (χ4n) is 3.91. The highest BCUT2D eigenvalue weighted by molar-refractivity contribution is 5.79. The number of rotatable bonds is 5. The van der Waals surface area contributed by atoms with Crippen LogP contribution in [0.1, 0.15) is 44.2 Å². The van der Waals surface area contributed by atoms with Gasteiger partial charge in [-0.2, -0.15) is 0 Å². The Balaban J connectivity index is 1.50. The van der Waals surface area contributed by atoms with Crippen LogP contribution in [0.4, 0.5) is 4.79 Å². The molecular formula is C21H31N3O3. The fraction of sp³-hybridized carbons (Fsp3) is 0.619. The normalized spacial score (nSPS) is 24.1. The van der Waals surface area contributed by atoms with E-state index in [-0.39, 0.29) is 12.6 Å². The van der Waals surface area contributed by atoms with Gasteiger partial charge in [0.1, 0.15) is 0 Å². The van der Waals surface area contributed by atoms with Crippen molar-refractivity contribution in [3.8, 4) is 0 Å². The van der Waals surface area contributed by atoms with E-state index in [1.165, 1.54) is 18.4 Å². The lowest BCUT2D eigenvalue weighted by Crippen LogP contribution is -2.40. The summed E-state index contributed by atoms with van der Waals surface area (Å²) in [6.45, 7) is 8.50. The van der Waals surface area contributed by atoms with Crippen molar-refractivity contribution in [1.82, 2.24) is 15.1 Å². The molecule has 0 radical (unpaired) electrons. The number of amides is 2. The zero-order valence-corrected chi connectivity index (χ0v) is 16.4. The van der Waals surface area contributed by atoms with Gasteiger partial charge in [-0.15, -0.1) is 0 Å². The lowest BCUT2D eigenvalue weighted by molar-refractivity contribution is -0.147. The molecule has 6 nitrogen and oxygen atoms in total. The van der Waals surface area contributed by atoms with Gasteiger partial charge in [0.15, 0.2) is 0 Å². The van der Waals surface area contributed by atoms with Crippen molar-refractivity contribution >= 4 is 12.0 Å². The molecule has 1 unspecified atom stereocenters. The topological polar surface area (TPSA) is 72.9 Å². The maximum Gasteiger partial charge on any atom is 0.317 e. The van der Waals surface area contributed by atoms with Crippen LogP contribution in [-0.4, -0.2) is 53.1 Å². The predicted octanol–water partition coefficient (Wildman–Crippen LogP) is 2.92. The van der Waals surface area contributed by atoms with E-state index in [4.69, 9.17) is 0 Å². The molecule has 0 spiro atoms. The Morgan fingerprint density at radius 1 is 1.22 bits per heavy atom. The Bertz CT molecular complexity index is 685. The number of urea groups is 1. The summed E-state index contributed by atoms with van der Waals surface area (Å²) in [5.74, 6) is -0.00558. The maximum atomic E-state index is 12.4. The van der Waals surface area contributed by atoms with Gasteiger partial charge in [-0.25, -0.2) is 4.79 Å². The van der Waals surface area contributed by atoms with Crippen LogP contribution in [0.3, 0.4) is 0 Å². The molecule has 2 saturated heterocycles. The predicted molar refractivity (Wildman–Crippen MR) is 104 cm³/mol. The number of carbonyl (C=O) groups is 2. The molecule has 3 rings (SSSR count). The molecule has 0 saturated carbocycles. The number of benzene rings is 1. The van der Waals surface area contributed by atoms with Gasteiger partial charge in [0.05, 0.1) is 5.41 Å². The van der Waals surface area contributed by atoms with Gasteiger partial charge in [-0.1, -0.05) is 31.2 Å². The quantitative estimate of drug-likeness (QED) is 0.832. The molecule has 2 amide bonds. The summed E-state index contributed by atoms with van der Waals surface area (Å²) in [6.07, 6.45) is 3.03. The average Bonchev–Trinajstić information content (AvgIpc) is 3.06. The van der Waals surface area contributed by atoms with Gasteiger partial charge in [-0.05, 0) is 56.3 Å². The van der Waals surface area contributed by atoms with Gasteiger partial charge < -0.3 is 15.3 Å². The van der Waals surface area contributed by atoms with Crippen molar-refractivity contribution in [2.45, 2.75) is 46.2 Å². The Kier molecular flexibility index (Phi) is 6.05. The van der Waals surface area contributed by atoms with Crippen molar-refractivity contribution in [2.24, 2.45) is 11.3 Å². The van der Waals surface area contributed by atoms with Crippen LogP contribution >= 0.6 is 0 Å². The van der Waals surface area contributed by atoms with E-state index in [2.05, 4.69) is 29.3 Å². The summed E-state index contributed by atoms with van der Waals surface area (Å²) < 4.78 is 0. The first kappa shape index (κ1) is 19.7. The fourth-order valence-corrected chi connectivity index (χ4v) is 3.91. The maximum absolute atomic E-state index is 12.4. The number of carbonyl (C=O) groups excluding carboxylic acids is 1. The lowest BCUT2D eigenvalue weighted by Gasteiger charge is -2.30. The summed E-state index contributed by atoms with van der Waals surface area (Å²) >= 11 is 0. The number of carboxylic acids is 1. The third-order valence-corrected chi connectivity index (χ3v) is 5.99. The largest absolute Gasteiger partial charge is 0.481 e. The zero-order valence-electron chi connectivity index (χ0n) is 16.4. The van der Waals surface area contributed by atoms with Crippen molar-refractivity contribution in [3.05, 3.63) is 35.4 Å². The number of aliphatic carboxylic acids is 1. The van der Waals surface area contributed by atoms with Crippen LogP contribution in [-0.2, 0) is 17.9 Å². The van der Waals surface area contributed by atoms with Crippen LogP contribution in [0.5, 0.6) is 0 Å². The Morgan fingerprint density at radius 2 is 1.93 bits per heavy atom. The number of piperidine rings is 1. The summed E-state index contributed by atoms with van der Waals surface area (Å²) in [5, 5.41) is 12.2. The molecule has 0 bridgehead atoms. The van der Waals surface area contributed by atoms with E-state index >= 15 is 0 Å². The van der Waals surface area contributed by atoms with Crippen molar-refractivity contribution in [2.75, 3.05) is 26.2 Å². The van der Waals surface area contributed by atoms with Crippen LogP contribution in [0.15, 0.2) is 24.3 Å². The highest BCUT2D eigenvalue weighted by Crippen LogP contribution is 2.30. The number of likely N-dealkylation sites (tertiary alicyclic amines) is 2. The summed E-state index contributed by atoms with van der Waals surface area (Å²) in [4.78, 5) is 27.8. The smallest absolute Gasteiger partial charge is 0.317 e.